The highest BCUT2D eigenvalue weighted by Crippen LogP contribution is 2.25. The van der Waals surface area contributed by atoms with Gasteiger partial charge >= 0.3 is 0 Å². The molecule has 2 N–H and O–H groups in total. The van der Waals surface area contributed by atoms with Crippen LogP contribution in [-0.4, -0.2) is 49.1 Å². The van der Waals surface area contributed by atoms with Crippen molar-refractivity contribution in [3.8, 4) is 0 Å². The Balaban J connectivity index is 2.18. The maximum absolute atomic E-state index is 6.05. The highest BCUT2D eigenvalue weighted by Gasteiger charge is 2.26. The van der Waals surface area contributed by atoms with E-state index in [0.29, 0.717) is 18.6 Å². The van der Waals surface area contributed by atoms with Crippen LogP contribution >= 0.6 is 15.9 Å². The zero-order valence-corrected chi connectivity index (χ0v) is 13.4. The minimum Gasteiger partial charge on any atom is -0.329 e. The monoisotopic (exact) mass is 325 g/mol. The summed E-state index contributed by atoms with van der Waals surface area (Å²) >= 11 is 3.49. The second kappa shape index (κ2) is 6.84. The fourth-order valence-corrected chi connectivity index (χ4v) is 3.27. The number of benzene rings is 1. The molecule has 1 heterocycles. The normalized spacial score (nSPS) is 24.1. The number of rotatable bonds is 3. The molecule has 0 bridgehead atoms. The Morgan fingerprint density at radius 3 is 2.63 bits per heavy atom. The van der Waals surface area contributed by atoms with Crippen molar-refractivity contribution in [2.75, 3.05) is 33.2 Å². The Labute approximate surface area is 124 Å². The van der Waals surface area contributed by atoms with Gasteiger partial charge in [0.2, 0.25) is 0 Å². The van der Waals surface area contributed by atoms with E-state index >= 15 is 0 Å². The lowest BCUT2D eigenvalue weighted by Crippen LogP contribution is -2.42. The first-order valence-corrected chi connectivity index (χ1v) is 7.81. The fourth-order valence-electron chi connectivity index (χ4n) is 3.00. The van der Waals surface area contributed by atoms with Gasteiger partial charge in [-0.25, -0.2) is 0 Å². The predicted octanol–water partition coefficient (Wildman–Crippen LogP) is 2.47. The van der Waals surface area contributed by atoms with Gasteiger partial charge in [-0.3, -0.25) is 4.90 Å². The third-order valence-corrected chi connectivity index (χ3v) is 4.51. The van der Waals surface area contributed by atoms with Crippen molar-refractivity contribution in [3.05, 3.63) is 34.3 Å². The zero-order valence-electron chi connectivity index (χ0n) is 11.8. The summed E-state index contributed by atoms with van der Waals surface area (Å²) in [5.74, 6) is 0. The molecule has 3 nitrogen and oxygen atoms in total. The van der Waals surface area contributed by atoms with Crippen LogP contribution in [0.2, 0.25) is 0 Å². The molecule has 1 aromatic rings. The predicted molar refractivity (Wildman–Crippen MR) is 84.2 cm³/mol. The Hall–Kier alpha value is -0.420. The van der Waals surface area contributed by atoms with Crippen LogP contribution in [-0.2, 0) is 0 Å². The molecule has 0 amide bonds. The Bertz CT molecular complexity index is 393. The summed E-state index contributed by atoms with van der Waals surface area (Å²) in [5.41, 5.74) is 7.38. The summed E-state index contributed by atoms with van der Waals surface area (Å²) in [4.78, 5) is 4.98. The molecule has 2 rings (SSSR count). The highest BCUT2D eigenvalue weighted by atomic mass is 79.9. The third kappa shape index (κ3) is 3.78. The molecule has 0 aromatic heterocycles. The first kappa shape index (κ1) is 15.0. The van der Waals surface area contributed by atoms with Gasteiger partial charge in [-0.1, -0.05) is 28.1 Å². The SMILES string of the molecule is CC1CN(C)CCCN1C(CN)c1ccc(Br)cc1. The standard InChI is InChI=1S/C15H24BrN3/c1-12-11-18(2)8-3-9-19(12)15(10-17)13-4-6-14(16)7-5-13/h4-7,12,15H,3,8-11,17H2,1-2H3. The number of nitrogens with zero attached hydrogens (tertiary/aromatic N) is 2. The molecule has 0 aliphatic carbocycles. The van der Waals surface area contributed by atoms with Crippen LogP contribution in [0.3, 0.4) is 0 Å². The molecule has 2 atom stereocenters. The minimum absolute atomic E-state index is 0.328. The summed E-state index contributed by atoms with van der Waals surface area (Å²) < 4.78 is 1.12. The van der Waals surface area contributed by atoms with E-state index in [9.17, 15) is 0 Å². The van der Waals surface area contributed by atoms with E-state index in [0.717, 1.165) is 17.6 Å². The number of nitrogens with two attached hydrogens (primary N) is 1. The average Bonchev–Trinajstić information content (AvgIpc) is 2.54. The van der Waals surface area contributed by atoms with E-state index in [1.54, 1.807) is 0 Å². The molecule has 2 unspecified atom stereocenters. The summed E-state index contributed by atoms with van der Waals surface area (Å²) in [6.07, 6.45) is 1.22. The molecule has 4 heteroatoms. The van der Waals surface area contributed by atoms with Crippen molar-refractivity contribution in [3.63, 3.8) is 0 Å². The van der Waals surface area contributed by atoms with Gasteiger partial charge in [-0.2, -0.15) is 0 Å². The number of hydrogen-bond acceptors (Lipinski definition) is 3. The highest BCUT2D eigenvalue weighted by molar-refractivity contribution is 9.10. The van der Waals surface area contributed by atoms with Crippen LogP contribution in [0.25, 0.3) is 0 Å². The molecule has 0 saturated carbocycles. The lowest BCUT2D eigenvalue weighted by atomic mass is 10.0. The first-order chi connectivity index (χ1) is 9.11. The summed E-state index contributed by atoms with van der Waals surface area (Å²) in [6, 6.07) is 9.45. The van der Waals surface area contributed by atoms with Gasteiger partial charge in [0, 0.05) is 36.2 Å². The molecule has 0 spiro atoms. The van der Waals surface area contributed by atoms with Crippen molar-refractivity contribution in [2.24, 2.45) is 5.73 Å². The van der Waals surface area contributed by atoms with Crippen LogP contribution in [0.5, 0.6) is 0 Å². The third-order valence-electron chi connectivity index (χ3n) is 3.98. The molecule has 1 saturated heterocycles. The minimum atomic E-state index is 0.328. The van der Waals surface area contributed by atoms with Crippen molar-refractivity contribution < 1.29 is 0 Å². The Morgan fingerprint density at radius 2 is 2.00 bits per heavy atom. The second-order valence-electron chi connectivity index (χ2n) is 5.51. The van der Waals surface area contributed by atoms with E-state index in [4.69, 9.17) is 5.73 Å². The van der Waals surface area contributed by atoms with Crippen LogP contribution in [0.4, 0.5) is 0 Å². The summed E-state index contributed by atoms with van der Waals surface area (Å²) in [5, 5.41) is 0. The van der Waals surface area contributed by atoms with Gasteiger partial charge in [0.05, 0.1) is 0 Å². The van der Waals surface area contributed by atoms with E-state index in [-0.39, 0.29) is 0 Å². The lowest BCUT2D eigenvalue weighted by Gasteiger charge is -2.35. The average molecular weight is 326 g/mol. The van der Waals surface area contributed by atoms with Crippen molar-refractivity contribution in [2.45, 2.75) is 25.4 Å². The van der Waals surface area contributed by atoms with Gasteiger partial charge in [0.15, 0.2) is 0 Å². The smallest absolute Gasteiger partial charge is 0.0473 e. The van der Waals surface area contributed by atoms with E-state index in [1.807, 2.05) is 0 Å². The summed E-state index contributed by atoms with van der Waals surface area (Å²) in [7, 11) is 2.21. The maximum Gasteiger partial charge on any atom is 0.0473 e. The van der Waals surface area contributed by atoms with Crippen LogP contribution < -0.4 is 5.73 Å². The molecule has 19 heavy (non-hydrogen) atoms. The van der Waals surface area contributed by atoms with E-state index in [2.05, 4.69) is 64.0 Å². The maximum atomic E-state index is 6.05. The quantitative estimate of drug-likeness (QED) is 0.926. The molecule has 1 fully saturated rings. The molecule has 1 aliphatic heterocycles. The number of hydrogen-bond donors (Lipinski definition) is 1. The van der Waals surface area contributed by atoms with Gasteiger partial charge in [-0.15, -0.1) is 0 Å². The van der Waals surface area contributed by atoms with Crippen LogP contribution in [0.15, 0.2) is 28.7 Å². The van der Waals surface area contributed by atoms with Gasteiger partial charge in [-0.05, 0) is 44.6 Å². The summed E-state index contributed by atoms with van der Waals surface area (Å²) in [6.45, 7) is 6.41. The Morgan fingerprint density at radius 1 is 1.32 bits per heavy atom. The topological polar surface area (TPSA) is 32.5 Å². The molecular formula is C15H24BrN3. The van der Waals surface area contributed by atoms with Crippen LogP contribution in [0.1, 0.15) is 24.9 Å². The Kier molecular flexibility index (Phi) is 5.39. The van der Waals surface area contributed by atoms with Crippen LogP contribution in [0, 0.1) is 0 Å². The van der Waals surface area contributed by atoms with E-state index in [1.165, 1.54) is 18.5 Å². The van der Waals surface area contributed by atoms with Gasteiger partial charge < -0.3 is 10.6 Å². The van der Waals surface area contributed by atoms with Crippen molar-refractivity contribution in [1.29, 1.82) is 0 Å². The van der Waals surface area contributed by atoms with Gasteiger partial charge in [0.25, 0.3) is 0 Å². The molecule has 0 radical (unpaired) electrons. The largest absolute Gasteiger partial charge is 0.329 e. The zero-order chi connectivity index (χ0) is 13.8. The van der Waals surface area contributed by atoms with Crippen molar-refractivity contribution >= 4 is 15.9 Å². The molecule has 106 valence electrons. The second-order valence-corrected chi connectivity index (χ2v) is 6.42. The molecule has 1 aliphatic rings. The van der Waals surface area contributed by atoms with Crippen molar-refractivity contribution in [1.82, 2.24) is 9.80 Å². The van der Waals surface area contributed by atoms with E-state index < -0.39 is 0 Å². The number of likely N-dealkylation sites (N-methyl/N-ethyl adjacent to an activating group) is 1. The lowest BCUT2D eigenvalue weighted by molar-refractivity contribution is 0.146. The fraction of sp³-hybridized carbons (Fsp3) is 0.600. The first-order valence-electron chi connectivity index (χ1n) is 7.01. The molecule has 1 aromatic carbocycles. The number of halogens is 1. The van der Waals surface area contributed by atoms with Gasteiger partial charge in [0.1, 0.15) is 0 Å². The molecular weight excluding hydrogens is 302 g/mol.